The van der Waals surface area contributed by atoms with Gasteiger partial charge in [0, 0.05) is 6.61 Å². The largest absolute Gasteiger partial charge is 0.396 e. The second kappa shape index (κ2) is 15.7. The molecule has 0 amide bonds. The second-order valence-corrected chi connectivity index (χ2v) is 5.49. The van der Waals surface area contributed by atoms with Gasteiger partial charge in [0.15, 0.2) is 0 Å². The number of aliphatic hydroxyl groups excluding tert-OH is 2. The van der Waals surface area contributed by atoms with E-state index >= 15 is 0 Å². The Labute approximate surface area is 119 Å². The van der Waals surface area contributed by atoms with E-state index in [4.69, 9.17) is 5.11 Å². The normalized spacial score (nSPS) is 13.2. The summed E-state index contributed by atoms with van der Waals surface area (Å²) in [5.74, 6) is 0. The van der Waals surface area contributed by atoms with Crippen molar-refractivity contribution in [2.24, 2.45) is 0 Å². The number of rotatable bonds is 14. The van der Waals surface area contributed by atoms with E-state index in [1.165, 1.54) is 38.5 Å². The minimum absolute atomic E-state index is 0.141. The van der Waals surface area contributed by atoms with E-state index in [0.29, 0.717) is 6.61 Å². The highest BCUT2D eigenvalue weighted by molar-refractivity contribution is 4.83. The molecule has 2 nitrogen and oxygen atoms in total. The second-order valence-electron chi connectivity index (χ2n) is 5.49. The minimum Gasteiger partial charge on any atom is -0.396 e. The fourth-order valence-electron chi connectivity index (χ4n) is 2.20. The summed E-state index contributed by atoms with van der Waals surface area (Å²) in [5.41, 5.74) is 0. The van der Waals surface area contributed by atoms with Gasteiger partial charge in [-0.05, 0) is 32.1 Å². The van der Waals surface area contributed by atoms with Crippen molar-refractivity contribution in [3.8, 4) is 0 Å². The fourth-order valence-corrected chi connectivity index (χ4v) is 2.20. The van der Waals surface area contributed by atoms with Crippen LogP contribution in [0.3, 0.4) is 0 Å². The van der Waals surface area contributed by atoms with Gasteiger partial charge in [0.2, 0.25) is 0 Å². The van der Waals surface area contributed by atoms with Gasteiger partial charge < -0.3 is 10.2 Å². The van der Waals surface area contributed by atoms with Crippen LogP contribution < -0.4 is 0 Å². The van der Waals surface area contributed by atoms with Crippen molar-refractivity contribution in [1.82, 2.24) is 0 Å². The molecule has 1 unspecified atom stereocenters. The van der Waals surface area contributed by atoms with Crippen LogP contribution in [0.1, 0.15) is 84.0 Å². The fraction of sp³-hybridized carbons (Fsp3) is 0.882. The molecule has 0 fully saturated rings. The maximum absolute atomic E-state index is 9.77. The van der Waals surface area contributed by atoms with Gasteiger partial charge >= 0.3 is 0 Å². The van der Waals surface area contributed by atoms with Crippen LogP contribution in [0, 0.1) is 0 Å². The highest BCUT2D eigenvalue weighted by Gasteiger charge is 2.00. The van der Waals surface area contributed by atoms with Gasteiger partial charge in [-0.3, -0.25) is 0 Å². The number of aliphatic hydroxyl groups is 2. The van der Waals surface area contributed by atoms with Crippen molar-refractivity contribution in [3.63, 3.8) is 0 Å². The third-order valence-electron chi connectivity index (χ3n) is 3.49. The molecular weight excluding hydrogens is 236 g/mol. The van der Waals surface area contributed by atoms with Crippen molar-refractivity contribution in [2.75, 3.05) is 6.61 Å². The molecule has 2 heteroatoms. The summed E-state index contributed by atoms with van der Waals surface area (Å²) in [6.07, 6.45) is 17.9. The zero-order chi connectivity index (χ0) is 14.2. The van der Waals surface area contributed by atoms with E-state index in [-0.39, 0.29) is 6.10 Å². The Kier molecular flexibility index (Phi) is 15.4. The van der Waals surface area contributed by atoms with Crippen molar-refractivity contribution < 1.29 is 10.2 Å². The first-order valence-corrected chi connectivity index (χ1v) is 8.25. The Bertz CT molecular complexity index is 190. The van der Waals surface area contributed by atoms with Gasteiger partial charge in [-0.2, -0.15) is 0 Å². The molecule has 0 aromatic heterocycles. The Morgan fingerprint density at radius 2 is 1.53 bits per heavy atom. The van der Waals surface area contributed by atoms with E-state index in [9.17, 15) is 5.11 Å². The molecule has 0 aliphatic rings. The summed E-state index contributed by atoms with van der Waals surface area (Å²) in [6.45, 7) is 2.54. The van der Waals surface area contributed by atoms with Crippen LogP contribution in [0.25, 0.3) is 0 Å². The molecule has 0 aromatic rings. The van der Waals surface area contributed by atoms with Crippen molar-refractivity contribution in [2.45, 2.75) is 90.1 Å². The Balaban J connectivity index is 3.22. The van der Waals surface area contributed by atoms with E-state index in [0.717, 1.165) is 38.5 Å². The summed E-state index contributed by atoms with van der Waals surface area (Å²) < 4.78 is 0. The summed E-state index contributed by atoms with van der Waals surface area (Å²) in [7, 11) is 0. The maximum Gasteiger partial charge on any atom is 0.0574 e. The maximum atomic E-state index is 9.77. The van der Waals surface area contributed by atoms with Crippen LogP contribution in [0.5, 0.6) is 0 Å². The highest BCUT2D eigenvalue weighted by atomic mass is 16.3. The van der Waals surface area contributed by atoms with Crippen LogP contribution in [0.15, 0.2) is 12.2 Å². The highest BCUT2D eigenvalue weighted by Crippen LogP contribution is 2.09. The smallest absolute Gasteiger partial charge is 0.0574 e. The van der Waals surface area contributed by atoms with Crippen LogP contribution in [-0.2, 0) is 0 Å². The molecular formula is C17H34O2. The summed E-state index contributed by atoms with van der Waals surface area (Å²) in [6, 6.07) is 0. The predicted molar refractivity (Wildman–Crippen MR) is 83.3 cm³/mol. The average Bonchev–Trinajstić information content (AvgIpc) is 2.42. The molecule has 0 aromatic carbocycles. The standard InChI is InChI=1S/C17H34O2/c1-2-3-4-11-14-17(19)15-12-9-7-5-6-8-10-13-16-18/h9,12,17-19H,2-8,10-11,13-16H2,1H3/b12-9+. The molecule has 0 saturated carbocycles. The molecule has 0 saturated heterocycles. The first-order chi connectivity index (χ1) is 9.31. The van der Waals surface area contributed by atoms with Crippen LogP contribution in [-0.4, -0.2) is 22.9 Å². The Hall–Kier alpha value is -0.340. The molecule has 0 aliphatic heterocycles. The molecule has 114 valence electrons. The van der Waals surface area contributed by atoms with Gasteiger partial charge in [0.05, 0.1) is 6.10 Å². The number of allylic oxidation sites excluding steroid dienone is 1. The Morgan fingerprint density at radius 1 is 0.842 bits per heavy atom. The molecule has 0 spiro atoms. The molecule has 1 atom stereocenters. The van der Waals surface area contributed by atoms with Crippen molar-refractivity contribution in [1.29, 1.82) is 0 Å². The number of unbranched alkanes of at least 4 members (excludes halogenated alkanes) is 8. The number of hydrogen-bond donors (Lipinski definition) is 2. The Morgan fingerprint density at radius 3 is 2.26 bits per heavy atom. The summed E-state index contributed by atoms with van der Waals surface area (Å²) >= 11 is 0. The van der Waals surface area contributed by atoms with Crippen molar-refractivity contribution in [3.05, 3.63) is 12.2 Å². The monoisotopic (exact) mass is 270 g/mol. The van der Waals surface area contributed by atoms with Gasteiger partial charge in [0.25, 0.3) is 0 Å². The van der Waals surface area contributed by atoms with Crippen LogP contribution >= 0.6 is 0 Å². The van der Waals surface area contributed by atoms with Crippen LogP contribution in [0.4, 0.5) is 0 Å². The molecule has 0 bridgehead atoms. The lowest BCUT2D eigenvalue weighted by atomic mass is 10.1. The first kappa shape index (κ1) is 18.7. The lowest BCUT2D eigenvalue weighted by molar-refractivity contribution is 0.163. The summed E-state index contributed by atoms with van der Waals surface area (Å²) in [4.78, 5) is 0. The van der Waals surface area contributed by atoms with Gasteiger partial charge in [-0.25, -0.2) is 0 Å². The van der Waals surface area contributed by atoms with Gasteiger partial charge in [-0.1, -0.05) is 64.0 Å². The number of hydrogen-bond acceptors (Lipinski definition) is 2. The molecule has 0 rings (SSSR count). The SMILES string of the molecule is CCCCCCC(O)C/C=C/CCCCCCCO. The van der Waals surface area contributed by atoms with Gasteiger partial charge in [-0.15, -0.1) is 0 Å². The van der Waals surface area contributed by atoms with Crippen LogP contribution in [0.2, 0.25) is 0 Å². The third kappa shape index (κ3) is 15.6. The van der Waals surface area contributed by atoms with Gasteiger partial charge in [0.1, 0.15) is 0 Å². The first-order valence-electron chi connectivity index (χ1n) is 8.25. The van der Waals surface area contributed by atoms with E-state index in [1.54, 1.807) is 0 Å². The lowest BCUT2D eigenvalue weighted by Gasteiger charge is -2.07. The quantitative estimate of drug-likeness (QED) is 0.358. The van der Waals surface area contributed by atoms with E-state index < -0.39 is 0 Å². The van der Waals surface area contributed by atoms with E-state index in [2.05, 4.69) is 19.1 Å². The van der Waals surface area contributed by atoms with E-state index in [1.807, 2.05) is 0 Å². The molecule has 19 heavy (non-hydrogen) atoms. The lowest BCUT2D eigenvalue weighted by Crippen LogP contribution is -2.04. The third-order valence-corrected chi connectivity index (χ3v) is 3.49. The zero-order valence-corrected chi connectivity index (χ0v) is 12.8. The topological polar surface area (TPSA) is 40.5 Å². The average molecular weight is 270 g/mol. The summed E-state index contributed by atoms with van der Waals surface area (Å²) in [5, 5.41) is 18.4. The molecule has 2 N–H and O–H groups in total. The molecule has 0 radical (unpaired) electrons. The minimum atomic E-state index is -0.141. The zero-order valence-electron chi connectivity index (χ0n) is 12.8. The van der Waals surface area contributed by atoms with Crippen molar-refractivity contribution >= 4 is 0 Å². The molecule has 0 heterocycles. The molecule has 0 aliphatic carbocycles. The predicted octanol–water partition coefficient (Wildman–Crippen LogP) is 4.60.